The van der Waals surface area contributed by atoms with E-state index in [1.165, 1.54) is 5.56 Å². The number of nitrogens with zero attached hydrogens (tertiary/aromatic N) is 4. The monoisotopic (exact) mass is 341 g/mol. The lowest BCUT2D eigenvalue weighted by Crippen LogP contribution is -1.91. The molecule has 0 radical (unpaired) electrons. The summed E-state index contributed by atoms with van der Waals surface area (Å²) in [5, 5.41) is 11.2. The van der Waals surface area contributed by atoms with Crippen LogP contribution in [-0.2, 0) is 6.42 Å². The van der Waals surface area contributed by atoms with Crippen molar-refractivity contribution in [2.75, 3.05) is 0 Å². The SMILES string of the molecule is CCc1ccc(-c2cc(-c3[nH]nnc3-c3cccc(C)n3)ccn2)cc1. The van der Waals surface area contributed by atoms with Gasteiger partial charge in [0.05, 0.1) is 17.1 Å². The van der Waals surface area contributed by atoms with Crippen molar-refractivity contribution in [1.82, 2.24) is 25.4 Å². The maximum atomic E-state index is 4.56. The highest BCUT2D eigenvalue weighted by molar-refractivity contribution is 5.78. The lowest BCUT2D eigenvalue weighted by Gasteiger charge is -2.06. The minimum Gasteiger partial charge on any atom is -0.257 e. The fourth-order valence-electron chi connectivity index (χ4n) is 2.94. The lowest BCUT2D eigenvalue weighted by atomic mass is 10.0. The van der Waals surface area contributed by atoms with Crippen LogP contribution < -0.4 is 0 Å². The van der Waals surface area contributed by atoms with Gasteiger partial charge >= 0.3 is 0 Å². The molecule has 128 valence electrons. The van der Waals surface area contributed by atoms with E-state index >= 15 is 0 Å². The Morgan fingerprint density at radius 1 is 0.923 bits per heavy atom. The summed E-state index contributed by atoms with van der Waals surface area (Å²) in [6.45, 7) is 4.12. The van der Waals surface area contributed by atoms with Crippen LogP contribution in [-0.4, -0.2) is 25.4 Å². The van der Waals surface area contributed by atoms with Crippen LogP contribution in [0, 0.1) is 6.92 Å². The third-order valence-corrected chi connectivity index (χ3v) is 4.39. The average Bonchev–Trinajstić information content (AvgIpc) is 3.18. The average molecular weight is 341 g/mol. The third-order valence-electron chi connectivity index (χ3n) is 4.39. The minimum absolute atomic E-state index is 0.743. The van der Waals surface area contributed by atoms with Crippen molar-refractivity contribution in [2.24, 2.45) is 0 Å². The van der Waals surface area contributed by atoms with Crippen LogP contribution in [0.3, 0.4) is 0 Å². The Morgan fingerprint density at radius 2 is 1.77 bits per heavy atom. The predicted octanol–water partition coefficient (Wildman–Crippen LogP) is 4.47. The molecule has 4 aromatic rings. The molecule has 1 aromatic carbocycles. The normalized spacial score (nSPS) is 10.8. The molecule has 1 N–H and O–H groups in total. The highest BCUT2D eigenvalue weighted by Gasteiger charge is 2.14. The van der Waals surface area contributed by atoms with E-state index < -0.39 is 0 Å². The molecule has 0 spiro atoms. The maximum Gasteiger partial charge on any atom is 0.139 e. The number of aryl methyl sites for hydroxylation is 2. The fourth-order valence-corrected chi connectivity index (χ4v) is 2.94. The summed E-state index contributed by atoms with van der Waals surface area (Å²) in [5.41, 5.74) is 7.65. The molecule has 0 bridgehead atoms. The predicted molar refractivity (Wildman–Crippen MR) is 102 cm³/mol. The van der Waals surface area contributed by atoms with E-state index in [9.17, 15) is 0 Å². The van der Waals surface area contributed by atoms with Crippen molar-refractivity contribution in [1.29, 1.82) is 0 Å². The zero-order valence-corrected chi connectivity index (χ0v) is 14.8. The molecule has 0 unspecified atom stereocenters. The van der Waals surface area contributed by atoms with Gasteiger partial charge in [0, 0.05) is 23.0 Å². The quantitative estimate of drug-likeness (QED) is 0.595. The minimum atomic E-state index is 0.743. The number of hydrogen-bond acceptors (Lipinski definition) is 4. The smallest absolute Gasteiger partial charge is 0.139 e. The van der Waals surface area contributed by atoms with Gasteiger partial charge < -0.3 is 0 Å². The Kier molecular flexibility index (Phi) is 4.27. The molecule has 0 amide bonds. The Labute approximate surface area is 152 Å². The molecule has 0 saturated carbocycles. The van der Waals surface area contributed by atoms with Crippen LogP contribution in [0.25, 0.3) is 33.9 Å². The molecule has 0 atom stereocenters. The van der Waals surface area contributed by atoms with E-state index in [0.717, 1.165) is 46.0 Å². The summed E-state index contributed by atoms with van der Waals surface area (Å²) < 4.78 is 0. The van der Waals surface area contributed by atoms with Crippen molar-refractivity contribution in [2.45, 2.75) is 20.3 Å². The standard InChI is InChI=1S/C21H19N5/c1-3-15-7-9-16(10-8-15)19-13-17(11-12-22-19)20-21(25-26-24-20)18-6-4-5-14(2)23-18/h4-13H,3H2,1-2H3,(H,24,25,26). The van der Waals surface area contributed by atoms with E-state index in [1.807, 2.05) is 37.4 Å². The number of hydrogen-bond donors (Lipinski definition) is 1. The fraction of sp³-hybridized carbons (Fsp3) is 0.143. The molecule has 26 heavy (non-hydrogen) atoms. The van der Waals surface area contributed by atoms with Gasteiger partial charge in [-0.1, -0.05) is 42.5 Å². The number of H-pyrrole nitrogens is 1. The second-order valence-electron chi connectivity index (χ2n) is 6.18. The summed E-state index contributed by atoms with van der Waals surface area (Å²) in [7, 11) is 0. The molecular formula is C21H19N5. The summed E-state index contributed by atoms with van der Waals surface area (Å²) >= 11 is 0. The number of aromatic nitrogens is 5. The molecule has 3 aromatic heterocycles. The molecule has 5 nitrogen and oxygen atoms in total. The Hall–Kier alpha value is -3.34. The molecule has 3 heterocycles. The highest BCUT2D eigenvalue weighted by atomic mass is 15.3. The van der Waals surface area contributed by atoms with Gasteiger partial charge in [0.2, 0.25) is 0 Å². The third kappa shape index (κ3) is 3.11. The lowest BCUT2D eigenvalue weighted by molar-refractivity contribution is 0.942. The second-order valence-corrected chi connectivity index (χ2v) is 6.18. The summed E-state index contributed by atoms with van der Waals surface area (Å²) in [6, 6.07) is 18.4. The molecule has 5 heteroatoms. The molecule has 0 saturated heterocycles. The number of benzene rings is 1. The summed E-state index contributed by atoms with van der Waals surface area (Å²) in [4.78, 5) is 9.08. The first-order valence-corrected chi connectivity index (χ1v) is 8.65. The largest absolute Gasteiger partial charge is 0.257 e. The van der Waals surface area contributed by atoms with E-state index in [2.05, 4.69) is 62.6 Å². The number of aromatic amines is 1. The van der Waals surface area contributed by atoms with Crippen molar-refractivity contribution in [3.63, 3.8) is 0 Å². The number of rotatable bonds is 4. The van der Waals surface area contributed by atoms with Crippen LogP contribution in [0.15, 0.2) is 60.8 Å². The molecule has 0 aliphatic heterocycles. The Bertz CT molecular complexity index is 1030. The Morgan fingerprint density at radius 3 is 2.54 bits per heavy atom. The number of nitrogens with one attached hydrogen (secondary N) is 1. The topological polar surface area (TPSA) is 67.3 Å². The molecule has 0 aliphatic carbocycles. The summed E-state index contributed by atoms with van der Waals surface area (Å²) in [5.74, 6) is 0. The van der Waals surface area contributed by atoms with Crippen molar-refractivity contribution < 1.29 is 0 Å². The van der Waals surface area contributed by atoms with Crippen molar-refractivity contribution in [3.05, 3.63) is 72.1 Å². The zero-order chi connectivity index (χ0) is 17.9. The van der Waals surface area contributed by atoms with Gasteiger partial charge in [0.25, 0.3) is 0 Å². The van der Waals surface area contributed by atoms with Crippen molar-refractivity contribution >= 4 is 0 Å². The Balaban J connectivity index is 1.75. The van der Waals surface area contributed by atoms with Crippen LogP contribution in [0.1, 0.15) is 18.2 Å². The first-order valence-electron chi connectivity index (χ1n) is 8.65. The van der Waals surface area contributed by atoms with Crippen LogP contribution >= 0.6 is 0 Å². The van der Waals surface area contributed by atoms with Gasteiger partial charge in [-0.25, -0.2) is 0 Å². The van der Waals surface area contributed by atoms with E-state index in [0.29, 0.717) is 0 Å². The van der Waals surface area contributed by atoms with E-state index in [1.54, 1.807) is 0 Å². The van der Waals surface area contributed by atoms with Gasteiger partial charge in [0.1, 0.15) is 5.69 Å². The summed E-state index contributed by atoms with van der Waals surface area (Å²) in [6.07, 6.45) is 2.84. The first-order chi connectivity index (χ1) is 12.7. The maximum absolute atomic E-state index is 4.56. The van der Waals surface area contributed by atoms with Gasteiger partial charge in [-0.2, -0.15) is 0 Å². The zero-order valence-electron chi connectivity index (χ0n) is 14.8. The van der Waals surface area contributed by atoms with Gasteiger partial charge in [-0.05, 0) is 43.2 Å². The van der Waals surface area contributed by atoms with Gasteiger partial charge in [-0.15, -0.1) is 5.10 Å². The van der Waals surface area contributed by atoms with Gasteiger partial charge in [0.15, 0.2) is 0 Å². The highest BCUT2D eigenvalue weighted by Crippen LogP contribution is 2.29. The van der Waals surface area contributed by atoms with Gasteiger partial charge in [-0.3, -0.25) is 15.1 Å². The molecular weight excluding hydrogens is 322 g/mol. The van der Waals surface area contributed by atoms with E-state index in [-0.39, 0.29) is 0 Å². The number of pyridine rings is 2. The van der Waals surface area contributed by atoms with Crippen LogP contribution in [0.2, 0.25) is 0 Å². The van der Waals surface area contributed by atoms with Crippen molar-refractivity contribution in [3.8, 4) is 33.9 Å². The van der Waals surface area contributed by atoms with Crippen LogP contribution in [0.5, 0.6) is 0 Å². The molecule has 0 fully saturated rings. The van der Waals surface area contributed by atoms with Crippen LogP contribution in [0.4, 0.5) is 0 Å². The first kappa shape index (κ1) is 16.1. The second kappa shape index (κ2) is 6.88. The van der Waals surface area contributed by atoms with E-state index in [4.69, 9.17) is 0 Å². The molecule has 0 aliphatic rings. The molecule has 4 rings (SSSR count).